The van der Waals surface area contributed by atoms with Gasteiger partial charge in [0.2, 0.25) is 5.91 Å². The van der Waals surface area contributed by atoms with Crippen LogP contribution in [-0.4, -0.2) is 31.0 Å². The van der Waals surface area contributed by atoms with Gasteiger partial charge in [-0.2, -0.15) is 5.26 Å². The zero-order chi connectivity index (χ0) is 23.8. The predicted molar refractivity (Wildman–Crippen MR) is 131 cm³/mol. The Balaban J connectivity index is 1.39. The Morgan fingerprint density at radius 1 is 1.26 bits per heavy atom. The van der Waals surface area contributed by atoms with Crippen molar-refractivity contribution in [3.8, 4) is 22.5 Å². The first-order chi connectivity index (χ1) is 16.5. The van der Waals surface area contributed by atoms with Crippen LogP contribution in [0.1, 0.15) is 35.7 Å². The molecule has 0 aliphatic heterocycles. The molecule has 34 heavy (non-hydrogen) atoms. The number of anilines is 1. The minimum atomic E-state index is -0.352. The Labute approximate surface area is 204 Å². The number of carbonyl (C=O) groups is 1. The second-order valence-corrected chi connectivity index (χ2v) is 9.97. The molecule has 1 amide bonds. The molecule has 0 radical (unpaired) electrons. The summed E-state index contributed by atoms with van der Waals surface area (Å²) >= 11 is 2.94. The van der Waals surface area contributed by atoms with Gasteiger partial charge in [0, 0.05) is 17.4 Å². The molecular weight excluding hydrogens is 471 g/mol. The molecule has 1 aromatic carbocycles. The summed E-state index contributed by atoms with van der Waals surface area (Å²) in [5.41, 5.74) is 2.63. The van der Waals surface area contributed by atoms with Crippen LogP contribution >= 0.6 is 23.1 Å². The van der Waals surface area contributed by atoms with Gasteiger partial charge in [-0.1, -0.05) is 17.8 Å². The first-order valence-electron chi connectivity index (χ1n) is 10.8. The maximum Gasteiger partial charge on any atom is 0.236 e. The molecule has 172 valence electrons. The van der Waals surface area contributed by atoms with E-state index in [0.29, 0.717) is 28.3 Å². The smallest absolute Gasteiger partial charge is 0.236 e. The van der Waals surface area contributed by atoms with E-state index in [9.17, 15) is 14.4 Å². The Hall–Kier alpha value is -3.42. The monoisotopic (exact) mass is 492 g/mol. The van der Waals surface area contributed by atoms with Crippen molar-refractivity contribution in [2.45, 2.75) is 37.9 Å². The maximum atomic E-state index is 13.5. The molecule has 3 aromatic heterocycles. The average Bonchev–Trinajstić information content (AvgIpc) is 3.26. The zero-order valence-electron chi connectivity index (χ0n) is 18.6. The van der Waals surface area contributed by atoms with Gasteiger partial charge in [0.1, 0.15) is 17.7 Å². The number of hydrogen-bond acceptors (Lipinski definition) is 6. The number of thioether (sulfide) groups is 1. The summed E-state index contributed by atoms with van der Waals surface area (Å²) in [5.74, 6) is 0.730. The molecule has 1 N–H and O–H groups in total. The Morgan fingerprint density at radius 2 is 2.03 bits per heavy atom. The van der Waals surface area contributed by atoms with Crippen molar-refractivity contribution in [1.82, 2.24) is 19.3 Å². The molecule has 0 atom stereocenters. The van der Waals surface area contributed by atoms with Crippen molar-refractivity contribution in [1.29, 1.82) is 5.26 Å². The van der Waals surface area contributed by atoms with Crippen LogP contribution in [0.15, 0.2) is 46.9 Å². The maximum absolute atomic E-state index is 13.5. The van der Waals surface area contributed by atoms with E-state index >= 15 is 0 Å². The molecule has 0 spiro atoms. The Kier molecular flexibility index (Phi) is 5.98. The lowest BCUT2D eigenvalue weighted by atomic mass is 10.2. The summed E-state index contributed by atoms with van der Waals surface area (Å²) in [6.45, 7) is 3.71. The predicted octanol–water partition coefficient (Wildman–Crippen LogP) is 5.49. The van der Waals surface area contributed by atoms with Gasteiger partial charge < -0.3 is 5.32 Å². The standard InChI is InChI=1S/C24H21FN6OS2/c1-14-15(2)30(17-7-5-16(25)6-8-17)22(19(14)12-26)27-21(32)13-34-24-29-28-23(20-4-3-11-33-20)31(24)18-9-10-18/h3-8,11,18H,9-10,13H2,1-2H3,(H,27,32). The summed E-state index contributed by atoms with van der Waals surface area (Å²) in [5, 5.41) is 24.1. The number of nitrogens with one attached hydrogen (secondary N) is 1. The van der Waals surface area contributed by atoms with Crippen LogP contribution in [0.2, 0.25) is 0 Å². The minimum absolute atomic E-state index is 0.118. The molecule has 0 unspecified atom stereocenters. The number of nitrogens with zero attached hydrogens (tertiary/aromatic N) is 5. The summed E-state index contributed by atoms with van der Waals surface area (Å²) in [6, 6.07) is 12.5. The second-order valence-electron chi connectivity index (χ2n) is 8.08. The molecular formula is C24H21FN6OS2. The molecule has 1 aliphatic rings. The van der Waals surface area contributed by atoms with Gasteiger partial charge >= 0.3 is 0 Å². The van der Waals surface area contributed by atoms with Gasteiger partial charge in [0.05, 0.1) is 16.2 Å². The lowest BCUT2D eigenvalue weighted by Gasteiger charge is -2.13. The number of aromatic nitrogens is 4. The summed E-state index contributed by atoms with van der Waals surface area (Å²) < 4.78 is 17.4. The fourth-order valence-electron chi connectivity index (χ4n) is 3.88. The Morgan fingerprint density at radius 3 is 2.68 bits per heavy atom. The fraction of sp³-hybridized carbons (Fsp3) is 0.250. The highest BCUT2D eigenvalue weighted by atomic mass is 32.2. The van der Waals surface area contributed by atoms with E-state index in [-0.39, 0.29) is 17.5 Å². The quantitative estimate of drug-likeness (QED) is 0.345. The van der Waals surface area contributed by atoms with Crippen LogP contribution in [-0.2, 0) is 4.79 Å². The topological polar surface area (TPSA) is 88.5 Å². The highest BCUT2D eigenvalue weighted by Crippen LogP contribution is 2.41. The number of thiophene rings is 1. The van der Waals surface area contributed by atoms with Crippen LogP contribution in [0.4, 0.5) is 10.2 Å². The van der Waals surface area contributed by atoms with Crippen molar-refractivity contribution < 1.29 is 9.18 Å². The third-order valence-electron chi connectivity index (χ3n) is 5.82. The number of amides is 1. The van der Waals surface area contributed by atoms with Gasteiger partial charge in [-0.15, -0.1) is 21.5 Å². The van der Waals surface area contributed by atoms with Gasteiger partial charge in [-0.05, 0) is 68.0 Å². The number of benzene rings is 1. The summed E-state index contributed by atoms with van der Waals surface area (Å²) in [7, 11) is 0. The van der Waals surface area contributed by atoms with Crippen molar-refractivity contribution in [2.24, 2.45) is 0 Å². The van der Waals surface area contributed by atoms with Gasteiger partial charge in [0.15, 0.2) is 11.0 Å². The van der Waals surface area contributed by atoms with Gasteiger partial charge in [-0.25, -0.2) is 4.39 Å². The molecule has 4 aromatic rings. The van der Waals surface area contributed by atoms with E-state index < -0.39 is 0 Å². The summed E-state index contributed by atoms with van der Waals surface area (Å²) in [4.78, 5) is 14.0. The molecule has 3 heterocycles. The molecule has 0 bridgehead atoms. The average molecular weight is 493 g/mol. The molecule has 1 aliphatic carbocycles. The number of hydrogen-bond donors (Lipinski definition) is 1. The Bertz CT molecular complexity index is 1390. The third-order valence-corrected chi connectivity index (χ3v) is 7.63. The van der Waals surface area contributed by atoms with Crippen LogP contribution < -0.4 is 5.32 Å². The number of rotatable bonds is 7. The van der Waals surface area contributed by atoms with Crippen molar-refractivity contribution >= 4 is 34.8 Å². The fourth-order valence-corrected chi connectivity index (χ4v) is 5.39. The highest BCUT2D eigenvalue weighted by Gasteiger charge is 2.31. The number of nitriles is 1. The van der Waals surface area contributed by atoms with Crippen LogP contribution in [0.3, 0.4) is 0 Å². The molecule has 0 saturated heterocycles. The van der Waals surface area contributed by atoms with E-state index in [1.54, 1.807) is 28.0 Å². The van der Waals surface area contributed by atoms with Crippen LogP contribution in [0.25, 0.3) is 16.4 Å². The molecule has 10 heteroatoms. The number of halogens is 1. The van der Waals surface area contributed by atoms with E-state index in [1.165, 1.54) is 23.9 Å². The van der Waals surface area contributed by atoms with E-state index in [1.807, 2.05) is 31.4 Å². The second kappa shape index (κ2) is 9.08. The first kappa shape index (κ1) is 22.4. The molecule has 5 rings (SSSR count). The zero-order valence-corrected chi connectivity index (χ0v) is 20.2. The number of carbonyl (C=O) groups excluding carboxylic acids is 1. The van der Waals surface area contributed by atoms with Crippen LogP contribution in [0.5, 0.6) is 0 Å². The SMILES string of the molecule is Cc1c(C#N)c(NC(=O)CSc2nnc(-c3cccs3)n2C2CC2)n(-c2ccc(F)cc2)c1C. The highest BCUT2D eigenvalue weighted by molar-refractivity contribution is 7.99. The van der Waals surface area contributed by atoms with Crippen molar-refractivity contribution in [3.05, 3.63) is 64.4 Å². The van der Waals surface area contributed by atoms with Crippen LogP contribution in [0, 0.1) is 31.0 Å². The largest absolute Gasteiger partial charge is 0.310 e. The van der Waals surface area contributed by atoms with Crippen molar-refractivity contribution in [3.63, 3.8) is 0 Å². The molecule has 1 saturated carbocycles. The van der Waals surface area contributed by atoms with E-state index in [4.69, 9.17) is 0 Å². The molecule has 7 nitrogen and oxygen atoms in total. The van der Waals surface area contributed by atoms with E-state index in [0.717, 1.165) is 34.8 Å². The lowest BCUT2D eigenvalue weighted by molar-refractivity contribution is -0.113. The lowest BCUT2D eigenvalue weighted by Crippen LogP contribution is -2.18. The summed E-state index contributed by atoms with van der Waals surface area (Å²) in [6.07, 6.45) is 2.15. The van der Waals surface area contributed by atoms with E-state index in [2.05, 4.69) is 26.2 Å². The van der Waals surface area contributed by atoms with Gasteiger partial charge in [0.25, 0.3) is 0 Å². The minimum Gasteiger partial charge on any atom is -0.310 e. The normalized spacial score (nSPS) is 13.1. The molecule has 1 fully saturated rings. The third kappa shape index (κ3) is 4.13. The van der Waals surface area contributed by atoms with Gasteiger partial charge in [-0.3, -0.25) is 13.9 Å². The first-order valence-corrected chi connectivity index (χ1v) is 12.6. The van der Waals surface area contributed by atoms with Crippen molar-refractivity contribution in [2.75, 3.05) is 11.1 Å².